The number of fused-ring (bicyclic) bond motifs is 1. The SMILES string of the molecule is CCC(C)[C@@H]1NC(=O)[C@H](Cc2ccccc2)NC(=O)CSC[C@@H](C(=O)NCC(N)=O)NC(=O)[C@H](Cc2cncn2C)NC(=O)[C@H](CCCNC(=N)N)NC(=O)[C@H](Cc2cnc[nH]2)NC(=O)[C@H](Cc2ccc(O)cc2)N(C)C(=O)[C@H](CCCNC(=N)N)NC(=O)[C@H](CO)NC(=O)CNC(=O)[C@H](Cc2cnc[nH]2)NC(=O)[C@H](Cc2cccc3ccccc23)NC1=O. The maximum Gasteiger partial charge on any atom is 0.245 e. The van der Waals surface area contributed by atoms with Crippen LogP contribution in [0.25, 0.3) is 10.8 Å². The van der Waals surface area contributed by atoms with Crippen LogP contribution in [0.3, 0.4) is 0 Å². The van der Waals surface area contributed by atoms with Gasteiger partial charge in [0.25, 0.3) is 0 Å². The number of aliphatic hydroxyl groups excluding tert-OH is 1. The van der Waals surface area contributed by atoms with Gasteiger partial charge in [-0.15, -0.1) is 11.8 Å². The van der Waals surface area contributed by atoms with Gasteiger partial charge in [-0.2, -0.15) is 0 Å². The molecule has 1 aliphatic heterocycles. The van der Waals surface area contributed by atoms with E-state index in [9.17, 15) is 39.0 Å². The van der Waals surface area contributed by atoms with Crippen molar-refractivity contribution in [2.24, 2.45) is 30.2 Å². The van der Waals surface area contributed by atoms with Gasteiger partial charge in [0.1, 0.15) is 72.2 Å². The fourth-order valence-corrected chi connectivity index (χ4v) is 14.3. The number of aliphatic hydroxyl groups is 1. The second kappa shape index (κ2) is 47.9. The molecule has 1 aliphatic rings. The van der Waals surface area contributed by atoms with Crippen molar-refractivity contribution >= 4 is 117 Å². The quantitative estimate of drug-likeness (QED) is 0.0137. The molecule has 26 N–H and O–H groups in total. The predicted molar refractivity (Wildman–Crippen MR) is 454 cm³/mol. The van der Waals surface area contributed by atoms with Crippen molar-refractivity contribution in [3.63, 3.8) is 0 Å². The van der Waals surface area contributed by atoms with Crippen molar-refractivity contribution < 1.29 is 77.3 Å². The predicted octanol–water partition coefficient (Wildman–Crippen LogP) is -4.81. The van der Waals surface area contributed by atoms with E-state index >= 15 is 38.4 Å². The number of nitrogens with one attached hydrogen (secondary N) is 18. The summed E-state index contributed by atoms with van der Waals surface area (Å²) in [5.41, 5.74) is 19.1. The van der Waals surface area contributed by atoms with Crippen LogP contribution >= 0.6 is 11.8 Å². The van der Waals surface area contributed by atoms with E-state index in [1.54, 1.807) is 69.4 Å². The summed E-state index contributed by atoms with van der Waals surface area (Å²) in [6.07, 6.45) is 6.19. The van der Waals surface area contributed by atoms with Crippen LogP contribution in [0, 0.1) is 16.7 Å². The van der Waals surface area contributed by atoms with Crippen LogP contribution in [0.15, 0.2) is 135 Å². The summed E-state index contributed by atoms with van der Waals surface area (Å²) >= 11 is 0.801. The number of thioether (sulfide) groups is 1. The number of guanidine groups is 2. The molecule has 7 aromatic rings. The molecule has 1 fully saturated rings. The van der Waals surface area contributed by atoms with Crippen LogP contribution < -0.4 is 91.6 Å². The molecule has 42 nitrogen and oxygen atoms in total. The van der Waals surface area contributed by atoms with E-state index < -0.39 is 198 Å². The standard InChI is InChI=1S/C81H108N26O16S/c1-5-45(2)68-78(122)103-58(30-49-18-11-17-48-16-9-10-19-54(48)49)72(116)100-59(31-50-34-87-42-94-50)69(113)93-38-66(111)97-62(39-108)76(120)99-56(21-13-27-91-81(85)86)79(123)107(4)64(29-47-22-24-53(109)25-23-47)77(121)102-60(32-51-35-88-43-95-51)73(117)98-55(20-12-26-90-80(83)84)71(115)101-61(33-52-36-89-44-106(52)3)74(118)104-63(70(114)92-37-65(82)110)40-124-41-67(112)96-57(75(119)105-68)28-46-14-7-6-8-15-46/h6-11,14-19,22-25,34-36,42-45,55-64,68,108-109H,5,12-13,20-21,26-33,37-41H2,1-4H3,(H2,82,110)(H,87,94)(H,88,95)(H,92,114)(H,93,113)(H,96,112)(H,97,111)(H,98,117)(H,99,120)(H,100,116)(H,101,115)(H,102,121)(H,103,122)(H,104,118)(H,105,119)(H4,83,84,90)(H4,85,86,91)/t45?,55-,56-,57-,58-,59-,60-,61-,62-,63-,64-,68-/m0/s1. The molecule has 664 valence electrons. The highest BCUT2D eigenvalue weighted by molar-refractivity contribution is 8.00. The number of phenols is 1. The molecule has 8 rings (SSSR count). The number of nitrogens with two attached hydrogens (primary N) is 3. The lowest BCUT2D eigenvalue weighted by atomic mass is 9.95. The summed E-state index contributed by atoms with van der Waals surface area (Å²) < 4.78 is 1.53. The number of primary amides is 1. The number of aromatic amines is 2. The number of amides is 14. The Kier molecular flexibility index (Phi) is 36.8. The second-order valence-corrected chi connectivity index (χ2v) is 30.8. The fourth-order valence-electron chi connectivity index (χ4n) is 13.4. The van der Waals surface area contributed by atoms with Gasteiger partial charge in [0.2, 0.25) is 82.7 Å². The summed E-state index contributed by atoms with van der Waals surface area (Å²) in [5, 5.41) is 75.0. The maximum absolute atomic E-state index is 15.4. The van der Waals surface area contributed by atoms with E-state index in [1.807, 2.05) is 24.3 Å². The molecule has 0 bridgehead atoms. The number of benzene rings is 4. The van der Waals surface area contributed by atoms with Gasteiger partial charge >= 0.3 is 0 Å². The van der Waals surface area contributed by atoms with Gasteiger partial charge in [0.15, 0.2) is 11.9 Å². The lowest BCUT2D eigenvalue weighted by Crippen LogP contribution is -2.61. The van der Waals surface area contributed by atoms with Crippen molar-refractivity contribution in [3.05, 3.63) is 168 Å². The number of rotatable bonds is 26. The first-order valence-electron chi connectivity index (χ1n) is 40.0. The van der Waals surface area contributed by atoms with Crippen molar-refractivity contribution in [1.29, 1.82) is 10.8 Å². The Morgan fingerprint density at radius 3 is 1.67 bits per heavy atom. The molecular formula is C81H108N26O16S. The first kappa shape index (κ1) is 95.5. The third-order valence-corrected chi connectivity index (χ3v) is 21.4. The number of carbonyl (C=O) groups is 14. The number of aryl methyl sites for hydroxylation is 1. The van der Waals surface area contributed by atoms with E-state index in [1.165, 1.54) is 73.5 Å². The number of phenolic OH excluding ortho intramolecular Hbond substituents is 1. The van der Waals surface area contributed by atoms with Gasteiger partial charge in [-0.1, -0.05) is 105 Å². The summed E-state index contributed by atoms with van der Waals surface area (Å²) in [6.45, 7) is 0.641. The van der Waals surface area contributed by atoms with E-state index in [-0.39, 0.29) is 95.2 Å². The molecule has 0 saturated carbocycles. The summed E-state index contributed by atoms with van der Waals surface area (Å²) in [4.78, 5) is 225. The molecule has 0 radical (unpaired) electrons. The van der Waals surface area contributed by atoms with Crippen molar-refractivity contribution in [3.8, 4) is 5.75 Å². The molecule has 124 heavy (non-hydrogen) atoms. The average molecular weight is 1730 g/mol. The van der Waals surface area contributed by atoms with Gasteiger partial charge in [0.05, 0.1) is 44.4 Å². The first-order chi connectivity index (χ1) is 59.4. The van der Waals surface area contributed by atoms with Crippen LogP contribution in [0.1, 0.15) is 79.7 Å². The number of aromatic nitrogens is 6. The fraction of sp³-hybridized carbons (Fsp3) is 0.420. The highest BCUT2D eigenvalue weighted by atomic mass is 32.2. The lowest BCUT2D eigenvalue weighted by Gasteiger charge is -2.33. The molecule has 0 spiro atoms. The van der Waals surface area contributed by atoms with Gasteiger partial charge in [-0.3, -0.25) is 77.9 Å². The second-order valence-electron chi connectivity index (χ2n) is 29.7. The molecule has 4 aromatic carbocycles. The Balaban J connectivity index is 1.21. The van der Waals surface area contributed by atoms with Crippen molar-refractivity contribution in [1.82, 2.24) is 109 Å². The van der Waals surface area contributed by atoms with Crippen molar-refractivity contribution in [2.45, 2.75) is 151 Å². The molecule has 1 unspecified atom stereocenters. The van der Waals surface area contributed by atoms with Gasteiger partial charge in [0, 0.05) is 107 Å². The monoisotopic (exact) mass is 1730 g/mol. The van der Waals surface area contributed by atoms with Crippen LogP contribution in [-0.4, -0.2) is 257 Å². The molecule has 12 atom stereocenters. The van der Waals surface area contributed by atoms with Crippen LogP contribution in [0.2, 0.25) is 0 Å². The highest BCUT2D eigenvalue weighted by Crippen LogP contribution is 2.23. The zero-order valence-electron chi connectivity index (χ0n) is 68.8. The zero-order chi connectivity index (χ0) is 89.9. The molecular weight excluding hydrogens is 1630 g/mol. The van der Waals surface area contributed by atoms with Crippen LogP contribution in [0.4, 0.5) is 0 Å². The molecule has 0 aliphatic carbocycles. The third-order valence-electron chi connectivity index (χ3n) is 20.4. The minimum absolute atomic E-state index is 0.00251. The van der Waals surface area contributed by atoms with E-state index in [4.69, 9.17) is 28.0 Å². The number of hydrogen-bond donors (Lipinski definition) is 23. The maximum atomic E-state index is 15.4. The Morgan fingerprint density at radius 2 is 1.06 bits per heavy atom. The van der Waals surface area contributed by atoms with E-state index in [0.717, 1.165) is 22.0 Å². The molecule has 4 heterocycles. The van der Waals surface area contributed by atoms with E-state index in [0.29, 0.717) is 33.5 Å². The number of nitrogens with zero attached hydrogens (tertiary/aromatic N) is 5. The van der Waals surface area contributed by atoms with Gasteiger partial charge in [-0.05, 0) is 71.2 Å². The number of hydrogen-bond acceptors (Lipinski definition) is 22. The Bertz CT molecular complexity index is 4840. The largest absolute Gasteiger partial charge is 0.508 e. The van der Waals surface area contributed by atoms with E-state index in [2.05, 4.69) is 99.4 Å². The number of imidazole rings is 3. The number of aromatic hydroxyl groups is 1. The van der Waals surface area contributed by atoms with Gasteiger partial charge in [-0.25, -0.2) is 15.0 Å². The number of H-pyrrole nitrogens is 2. The first-order valence-corrected chi connectivity index (χ1v) is 41.2. The van der Waals surface area contributed by atoms with Crippen molar-refractivity contribution in [2.75, 3.05) is 51.3 Å². The normalized spacial score (nSPS) is 21.8. The number of carbonyl (C=O) groups excluding carboxylic acids is 14. The summed E-state index contributed by atoms with van der Waals surface area (Å²) in [6, 6.07) is 9.07. The summed E-state index contributed by atoms with van der Waals surface area (Å²) in [5.74, 6) is -16.2. The molecule has 43 heteroatoms. The zero-order valence-corrected chi connectivity index (χ0v) is 69.7. The molecule has 14 amide bonds. The summed E-state index contributed by atoms with van der Waals surface area (Å²) in [7, 11) is 2.81. The highest BCUT2D eigenvalue weighted by Gasteiger charge is 2.40. The lowest BCUT2D eigenvalue weighted by molar-refractivity contribution is -0.143. The molecule has 1 saturated heterocycles. The Hall–Kier alpha value is -14.0. The minimum atomic E-state index is -1.86. The Labute approximate surface area is 717 Å². The third kappa shape index (κ3) is 30.0. The minimum Gasteiger partial charge on any atom is -0.508 e. The smallest absolute Gasteiger partial charge is 0.245 e. The van der Waals surface area contributed by atoms with Crippen LogP contribution in [-0.2, 0) is 113 Å². The van der Waals surface area contributed by atoms with Gasteiger partial charge < -0.3 is 121 Å². The molecule has 3 aromatic heterocycles. The Morgan fingerprint density at radius 1 is 0.540 bits per heavy atom. The van der Waals surface area contributed by atoms with Crippen LogP contribution in [0.5, 0.6) is 5.75 Å². The average Bonchev–Trinajstić information content (AvgIpc) is 0.872. The topological polar surface area (TPSA) is 652 Å². The number of likely N-dealkylation sites (N-methyl/N-ethyl adjacent to an activating group) is 1.